The van der Waals surface area contributed by atoms with Gasteiger partial charge in [-0.2, -0.15) is 10.2 Å². The van der Waals surface area contributed by atoms with Crippen LogP contribution in [0.25, 0.3) is 0 Å². The Hall–Kier alpha value is -1.67. The summed E-state index contributed by atoms with van der Waals surface area (Å²) in [7, 11) is 0. The van der Waals surface area contributed by atoms with Gasteiger partial charge in [0.2, 0.25) is 0 Å². The fraction of sp³-hybridized carbons (Fsp3) is 0.455. The summed E-state index contributed by atoms with van der Waals surface area (Å²) >= 11 is 0. The van der Waals surface area contributed by atoms with Gasteiger partial charge in [0, 0.05) is 30.6 Å². The van der Waals surface area contributed by atoms with Gasteiger partial charge in [-0.1, -0.05) is 0 Å². The number of aliphatic hydroxyl groups is 1. The van der Waals surface area contributed by atoms with E-state index in [1.165, 1.54) is 4.68 Å². The highest BCUT2D eigenvalue weighted by Crippen LogP contribution is 2.07. The molecule has 0 radical (unpaired) electrons. The molecular weight excluding hydrogens is 292 g/mol. The fourth-order valence-corrected chi connectivity index (χ4v) is 1.61. The maximum absolute atomic E-state index is 12.1. The lowest BCUT2D eigenvalue weighted by Gasteiger charge is -2.01. The molecule has 112 valence electrons. The van der Waals surface area contributed by atoms with Gasteiger partial charge in [0.1, 0.15) is 12.4 Å². The minimum atomic E-state index is -2.41. The van der Waals surface area contributed by atoms with Crippen LogP contribution in [-0.4, -0.2) is 37.7 Å². The van der Waals surface area contributed by atoms with E-state index in [4.69, 9.17) is 5.11 Å². The number of nitrogens with one attached hydrogen (secondary N) is 1. The first-order chi connectivity index (χ1) is 9.17. The topological polar surface area (TPSA) is 67.9 Å². The van der Waals surface area contributed by atoms with Gasteiger partial charge in [0.15, 0.2) is 0 Å². The molecule has 0 aliphatic carbocycles. The van der Waals surface area contributed by atoms with E-state index in [1.54, 1.807) is 29.3 Å². The zero-order valence-electron chi connectivity index (χ0n) is 10.6. The number of rotatable bonds is 7. The molecule has 0 aromatic carbocycles. The van der Waals surface area contributed by atoms with E-state index in [9.17, 15) is 8.78 Å². The summed E-state index contributed by atoms with van der Waals surface area (Å²) in [4.78, 5) is 0. The normalized spacial score (nSPS) is 10.6. The molecule has 0 aliphatic heterocycles. The molecule has 0 spiro atoms. The van der Waals surface area contributed by atoms with Crippen molar-refractivity contribution >= 4 is 18.2 Å². The summed E-state index contributed by atoms with van der Waals surface area (Å²) in [6.45, 7) is 0.528. The number of aromatic nitrogens is 4. The lowest BCUT2D eigenvalue weighted by Crippen LogP contribution is -2.06. The monoisotopic (exact) mass is 307 g/mol. The van der Waals surface area contributed by atoms with Crippen molar-refractivity contribution in [2.45, 2.75) is 26.1 Å². The molecule has 2 aromatic heterocycles. The molecule has 2 N–H and O–H groups in total. The van der Waals surface area contributed by atoms with E-state index in [0.717, 1.165) is 5.56 Å². The fourth-order valence-electron chi connectivity index (χ4n) is 1.61. The molecule has 0 unspecified atom stereocenters. The summed E-state index contributed by atoms with van der Waals surface area (Å²) in [5.41, 5.74) is 0.803. The van der Waals surface area contributed by atoms with Crippen molar-refractivity contribution in [3.05, 3.63) is 30.2 Å². The van der Waals surface area contributed by atoms with Crippen LogP contribution in [0.15, 0.2) is 24.7 Å². The minimum absolute atomic E-state index is 0. The number of alkyl halides is 2. The lowest BCUT2D eigenvalue weighted by atomic mass is 10.3. The summed E-state index contributed by atoms with van der Waals surface area (Å²) in [6, 6.07) is 1.78. The summed E-state index contributed by atoms with van der Waals surface area (Å²) in [6.07, 6.45) is 2.46. The van der Waals surface area contributed by atoms with Gasteiger partial charge in [-0.25, -0.2) is 8.78 Å². The Morgan fingerprint density at radius 3 is 2.85 bits per heavy atom. The number of hydrogen-bond acceptors (Lipinski definition) is 4. The first kappa shape index (κ1) is 16.4. The number of halogens is 3. The summed E-state index contributed by atoms with van der Waals surface area (Å²) in [5.74, 6) is 0.662. The van der Waals surface area contributed by atoms with E-state index < -0.39 is 13.0 Å². The third-order valence-corrected chi connectivity index (χ3v) is 2.46. The van der Waals surface area contributed by atoms with Crippen LogP contribution < -0.4 is 5.32 Å². The van der Waals surface area contributed by atoms with Crippen molar-refractivity contribution in [3.63, 3.8) is 0 Å². The van der Waals surface area contributed by atoms with Gasteiger partial charge < -0.3 is 10.4 Å². The summed E-state index contributed by atoms with van der Waals surface area (Å²) < 4.78 is 27.1. The molecule has 9 heteroatoms. The number of hydrogen-bond donors (Lipinski definition) is 2. The third kappa shape index (κ3) is 4.78. The van der Waals surface area contributed by atoms with Crippen molar-refractivity contribution in [3.8, 4) is 0 Å². The number of nitrogens with zero attached hydrogens (tertiary/aromatic N) is 4. The molecule has 0 amide bonds. The molecule has 2 rings (SSSR count). The molecule has 0 aliphatic rings. The maximum atomic E-state index is 12.1. The Morgan fingerprint density at radius 1 is 1.35 bits per heavy atom. The average Bonchev–Trinajstić information content (AvgIpc) is 2.96. The predicted molar refractivity (Wildman–Crippen MR) is 72.1 cm³/mol. The Morgan fingerprint density at radius 2 is 2.15 bits per heavy atom. The largest absolute Gasteiger partial charge is 0.394 e. The number of aliphatic hydroxyl groups excluding tert-OH is 1. The molecule has 20 heavy (non-hydrogen) atoms. The van der Waals surface area contributed by atoms with E-state index in [-0.39, 0.29) is 19.0 Å². The van der Waals surface area contributed by atoms with Gasteiger partial charge in [0.25, 0.3) is 6.43 Å². The number of anilines is 1. The molecule has 0 saturated heterocycles. The molecule has 0 atom stereocenters. The maximum Gasteiger partial charge on any atom is 0.257 e. The van der Waals surface area contributed by atoms with Crippen LogP contribution in [0.1, 0.15) is 5.56 Å². The Labute approximate surface area is 120 Å². The quantitative estimate of drug-likeness (QED) is 0.811. The van der Waals surface area contributed by atoms with Crippen LogP contribution in [0.3, 0.4) is 0 Å². The van der Waals surface area contributed by atoms with Crippen molar-refractivity contribution < 1.29 is 13.9 Å². The van der Waals surface area contributed by atoms with Crippen LogP contribution in [0.5, 0.6) is 0 Å². The predicted octanol–water partition coefficient (Wildman–Crippen LogP) is 1.37. The van der Waals surface area contributed by atoms with Gasteiger partial charge >= 0.3 is 0 Å². The molecule has 0 bridgehead atoms. The van der Waals surface area contributed by atoms with Crippen LogP contribution >= 0.6 is 12.4 Å². The van der Waals surface area contributed by atoms with Crippen LogP contribution in [0.2, 0.25) is 0 Å². The SMILES string of the molecule is Cl.OCCn1ccc(NCc2cnn(CC(F)F)c2)n1. The highest BCUT2D eigenvalue weighted by atomic mass is 35.5. The second kappa shape index (κ2) is 7.81. The van der Waals surface area contributed by atoms with Crippen molar-refractivity contribution in [2.24, 2.45) is 0 Å². The van der Waals surface area contributed by atoms with Crippen molar-refractivity contribution in [1.82, 2.24) is 19.6 Å². The lowest BCUT2D eigenvalue weighted by molar-refractivity contribution is 0.122. The zero-order valence-corrected chi connectivity index (χ0v) is 11.4. The standard InChI is InChI=1S/C11H15F2N5O.ClH/c12-10(13)8-18-7-9(6-15-18)5-14-11-1-2-17(16-11)3-4-19;/h1-2,6-7,10,19H,3-5,8H2,(H,14,16);1H. The van der Waals surface area contributed by atoms with Crippen LogP contribution in [-0.2, 0) is 19.6 Å². The molecule has 0 fully saturated rings. The molecule has 2 heterocycles. The molecule has 6 nitrogen and oxygen atoms in total. The molecular formula is C11H16ClF2N5O. The second-order valence-corrected chi connectivity index (χ2v) is 4.00. The highest BCUT2D eigenvalue weighted by Gasteiger charge is 2.06. The molecule has 0 saturated carbocycles. The van der Waals surface area contributed by atoms with Gasteiger partial charge in [-0.05, 0) is 0 Å². The van der Waals surface area contributed by atoms with E-state index in [1.807, 2.05) is 0 Å². The van der Waals surface area contributed by atoms with E-state index in [2.05, 4.69) is 15.5 Å². The van der Waals surface area contributed by atoms with E-state index in [0.29, 0.717) is 18.9 Å². The third-order valence-electron chi connectivity index (χ3n) is 2.46. The van der Waals surface area contributed by atoms with Crippen molar-refractivity contribution in [1.29, 1.82) is 0 Å². The van der Waals surface area contributed by atoms with Crippen LogP contribution in [0, 0.1) is 0 Å². The Balaban J connectivity index is 0.00000200. The van der Waals surface area contributed by atoms with Gasteiger partial charge in [-0.3, -0.25) is 9.36 Å². The Bertz CT molecular complexity index is 516. The first-order valence-electron chi connectivity index (χ1n) is 5.85. The Kier molecular flexibility index (Phi) is 6.40. The van der Waals surface area contributed by atoms with E-state index >= 15 is 0 Å². The highest BCUT2D eigenvalue weighted by molar-refractivity contribution is 5.85. The van der Waals surface area contributed by atoms with Crippen LogP contribution in [0.4, 0.5) is 14.6 Å². The average molecular weight is 308 g/mol. The molecule has 2 aromatic rings. The van der Waals surface area contributed by atoms with Crippen molar-refractivity contribution in [2.75, 3.05) is 11.9 Å². The van der Waals surface area contributed by atoms with Gasteiger partial charge in [-0.15, -0.1) is 12.4 Å². The smallest absolute Gasteiger partial charge is 0.257 e. The minimum Gasteiger partial charge on any atom is -0.394 e. The zero-order chi connectivity index (χ0) is 13.7. The summed E-state index contributed by atoms with van der Waals surface area (Å²) in [5, 5.41) is 19.8. The second-order valence-electron chi connectivity index (χ2n) is 4.00. The first-order valence-corrected chi connectivity index (χ1v) is 5.85. The van der Waals surface area contributed by atoms with Gasteiger partial charge in [0.05, 0.1) is 19.3 Å².